The third kappa shape index (κ3) is 4.66. The van der Waals surface area contributed by atoms with E-state index in [2.05, 4.69) is 15.4 Å². The van der Waals surface area contributed by atoms with Crippen LogP contribution < -0.4 is 14.8 Å². The van der Waals surface area contributed by atoms with Crippen LogP contribution in [0.25, 0.3) is 16.3 Å². The van der Waals surface area contributed by atoms with Gasteiger partial charge in [0.25, 0.3) is 0 Å². The Bertz CT molecular complexity index is 1200. The van der Waals surface area contributed by atoms with Gasteiger partial charge in [0.1, 0.15) is 5.82 Å². The summed E-state index contributed by atoms with van der Waals surface area (Å²) in [5.74, 6) is 1.43. The molecule has 0 bridgehead atoms. The first-order chi connectivity index (χ1) is 15.1. The van der Waals surface area contributed by atoms with E-state index in [0.29, 0.717) is 30.3 Å². The van der Waals surface area contributed by atoms with Gasteiger partial charge in [-0.1, -0.05) is 12.1 Å². The fourth-order valence-electron chi connectivity index (χ4n) is 3.17. The number of carbonyl (C=O) groups is 1. The summed E-state index contributed by atoms with van der Waals surface area (Å²) in [5.41, 5.74) is 2.56. The molecule has 160 valence electrons. The lowest BCUT2D eigenvalue weighted by molar-refractivity contribution is -0.120. The van der Waals surface area contributed by atoms with Gasteiger partial charge in [0.05, 0.1) is 26.3 Å². The summed E-state index contributed by atoms with van der Waals surface area (Å²) < 4.78 is 25.4. The number of nitrogens with zero attached hydrogens (tertiary/aromatic N) is 3. The van der Waals surface area contributed by atoms with E-state index in [-0.39, 0.29) is 18.1 Å². The lowest BCUT2D eigenvalue weighted by Gasteiger charge is -2.07. The molecule has 0 fully saturated rings. The normalized spacial score (nSPS) is 10.9. The highest BCUT2D eigenvalue weighted by molar-refractivity contribution is 7.15. The first-order valence-electron chi connectivity index (χ1n) is 9.64. The van der Waals surface area contributed by atoms with E-state index in [1.165, 1.54) is 23.5 Å². The van der Waals surface area contributed by atoms with Gasteiger partial charge < -0.3 is 14.8 Å². The lowest BCUT2D eigenvalue weighted by Crippen LogP contribution is -2.27. The zero-order valence-electron chi connectivity index (χ0n) is 17.1. The van der Waals surface area contributed by atoms with Gasteiger partial charge >= 0.3 is 0 Å². The molecule has 0 saturated heterocycles. The molecule has 0 unspecified atom stereocenters. The van der Waals surface area contributed by atoms with Crippen LogP contribution in [0.5, 0.6) is 11.5 Å². The Morgan fingerprint density at radius 3 is 2.65 bits per heavy atom. The molecule has 4 rings (SSSR count). The van der Waals surface area contributed by atoms with Gasteiger partial charge in [-0.15, -0.1) is 16.4 Å². The largest absolute Gasteiger partial charge is 0.493 e. The third-order valence-corrected chi connectivity index (χ3v) is 5.64. The van der Waals surface area contributed by atoms with E-state index < -0.39 is 0 Å². The Morgan fingerprint density at radius 2 is 1.90 bits per heavy atom. The molecule has 0 aliphatic heterocycles. The number of ether oxygens (including phenoxy) is 2. The van der Waals surface area contributed by atoms with E-state index in [9.17, 15) is 9.18 Å². The van der Waals surface area contributed by atoms with E-state index >= 15 is 0 Å². The Kier molecular flexibility index (Phi) is 6.13. The number of fused-ring (bicyclic) bond motifs is 1. The van der Waals surface area contributed by atoms with Crippen molar-refractivity contribution in [1.29, 1.82) is 0 Å². The number of aromatic nitrogens is 3. The Balaban J connectivity index is 1.41. The summed E-state index contributed by atoms with van der Waals surface area (Å²) in [5, 5.41) is 9.50. The van der Waals surface area contributed by atoms with Crippen molar-refractivity contribution < 1.29 is 18.7 Å². The monoisotopic (exact) mass is 440 g/mol. The second-order valence-corrected chi connectivity index (χ2v) is 7.67. The highest BCUT2D eigenvalue weighted by Gasteiger charge is 2.14. The molecule has 0 radical (unpaired) electrons. The molecule has 1 N–H and O–H groups in total. The zero-order chi connectivity index (χ0) is 21.8. The predicted octanol–water partition coefficient (Wildman–Crippen LogP) is 3.52. The summed E-state index contributed by atoms with van der Waals surface area (Å²) in [6.45, 7) is 0.470. The number of benzene rings is 2. The van der Waals surface area contributed by atoms with Crippen molar-refractivity contribution in [2.45, 2.75) is 12.8 Å². The molecule has 9 heteroatoms. The Hall–Kier alpha value is -3.46. The number of methoxy groups -OCH3 is 2. The second kappa shape index (κ2) is 9.13. The smallest absolute Gasteiger partial charge is 0.224 e. The van der Waals surface area contributed by atoms with Gasteiger partial charge in [0.15, 0.2) is 17.3 Å². The number of nitrogens with one attached hydrogen (secondary N) is 1. The van der Waals surface area contributed by atoms with Gasteiger partial charge in [-0.05, 0) is 35.9 Å². The molecule has 2 aromatic heterocycles. The van der Waals surface area contributed by atoms with E-state index in [0.717, 1.165) is 21.8 Å². The minimum atomic E-state index is -0.314. The van der Waals surface area contributed by atoms with Crippen molar-refractivity contribution in [3.8, 4) is 22.9 Å². The predicted molar refractivity (Wildman–Crippen MR) is 116 cm³/mol. The standard InChI is InChI=1S/C22H21FN4O3S/c1-29-18-8-5-15(12-19(18)30-2)21-25-22-27(26-21)17(13-31-22)9-10-24-20(28)11-14-3-6-16(23)7-4-14/h3-8,12-13H,9-11H2,1-2H3,(H,24,28). The number of amides is 1. The fraction of sp³-hybridized carbons (Fsp3) is 0.227. The maximum Gasteiger partial charge on any atom is 0.224 e. The average Bonchev–Trinajstić information content (AvgIpc) is 3.36. The molecule has 0 spiro atoms. The maximum atomic E-state index is 13.0. The molecular weight excluding hydrogens is 419 g/mol. The van der Waals surface area contributed by atoms with Crippen LogP contribution >= 0.6 is 11.3 Å². The van der Waals surface area contributed by atoms with Crippen molar-refractivity contribution in [3.63, 3.8) is 0 Å². The van der Waals surface area contributed by atoms with Gasteiger partial charge in [-0.25, -0.2) is 8.91 Å². The highest BCUT2D eigenvalue weighted by Crippen LogP contribution is 2.31. The molecule has 0 aliphatic rings. The Morgan fingerprint density at radius 1 is 1.13 bits per heavy atom. The molecule has 7 nitrogen and oxygen atoms in total. The SMILES string of the molecule is COc1ccc(-c2nc3scc(CCNC(=O)Cc4ccc(F)cc4)n3n2)cc1OC. The molecule has 0 aliphatic carbocycles. The Labute approximate surface area is 182 Å². The van der Waals surface area contributed by atoms with E-state index in [1.807, 2.05) is 23.6 Å². The topological polar surface area (TPSA) is 77.8 Å². The first kappa shape index (κ1) is 20.8. The number of hydrogen-bond acceptors (Lipinski definition) is 6. The second-order valence-electron chi connectivity index (χ2n) is 6.83. The molecule has 0 saturated carbocycles. The quantitative estimate of drug-likeness (QED) is 0.454. The van der Waals surface area contributed by atoms with Crippen LogP contribution in [0, 0.1) is 5.82 Å². The van der Waals surface area contributed by atoms with Crippen LogP contribution in [-0.2, 0) is 17.6 Å². The van der Waals surface area contributed by atoms with Crippen molar-refractivity contribution >= 4 is 22.2 Å². The van der Waals surface area contributed by atoms with Crippen molar-refractivity contribution in [1.82, 2.24) is 19.9 Å². The van der Waals surface area contributed by atoms with Crippen LogP contribution in [0.4, 0.5) is 4.39 Å². The van der Waals surface area contributed by atoms with Gasteiger partial charge in [0, 0.05) is 23.9 Å². The van der Waals surface area contributed by atoms with Gasteiger partial charge in [-0.2, -0.15) is 4.98 Å². The number of carbonyl (C=O) groups excluding carboxylic acids is 1. The average molecular weight is 441 g/mol. The minimum Gasteiger partial charge on any atom is -0.493 e. The van der Waals surface area contributed by atoms with Crippen molar-refractivity contribution in [3.05, 3.63) is 64.9 Å². The molecule has 31 heavy (non-hydrogen) atoms. The molecule has 2 heterocycles. The number of halogens is 1. The molecule has 0 atom stereocenters. The molecular formula is C22H21FN4O3S. The molecule has 4 aromatic rings. The lowest BCUT2D eigenvalue weighted by atomic mass is 10.1. The van der Waals surface area contributed by atoms with Gasteiger partial charge in [0.2, 0.25) is 10.9 Å². The summed E-state index contributed by atoms with van der Waals surface area (Å²) in [6, 6.07) is 11.5. The summed E-state index contributed by atoms with van der Waals surface area (Å²) in [6.07, 6.45) is 0.829. The fourth-order valence-corrected chi connectivity index (χ4v) is 4.03. The van der Waals surface area contributed by atoms with Crippen molar-refractivity contribution in [2.75, 3.05) is 20.8 Å². The third-order valence-electron chi connectivity index (χ3n) is 4.77. The van der Waals surface area contributed by atoms with Crippen LogP contribution in [0.15, 0.2) is 47.8 Å². The van der Waals surface area contributed by atoms with Gasteiger partial charge in [-0.3, -0.25) is 4.79 Å². The van der Waals surface area contributed by atoms with Crippen LogP contribution in [-0.4, -0.2) is 41.3 Å². The zero-order valence-corrected chi connectivity index (χ0v) is 17.9. The van der Waals surface area contributed by atoms with Crippen LogP contribution in [0.1, 0.15) is 11.3 Å². The number of rotatable bonds is 8. The van der Waals surface area contributed by atoms with Crippen LogP contribution in [0.2, 0.25) is 0 Å². The number of hydrogen-bond donors (Lipinski definition) is 1. The summed E-state index contributed by atoms with van der Waals surface area (Å²) >= 11 is 1.50. The van der Waals surface area contributed by atoms with Crippen LogP contribution in [0.3, 0.4) is 0 Å². The van der Waals surface area contributed by atoms with E-state index in [1.54, 1.807) is 30.9 Å². The molecule has 1 amide bonds. The van der Waals surface area contributed by atoms with Crippen molar-refractivity contribution in [2.24, 2.45) is 0 Å². The maximum absolute atomic E-state index is 13.0. The molecule has 2 aromatic carbocycles. The number of thiazole rings is 1. The highest BCUT2D eigenvalue weighted by atomic mass is 32.1. The first-order valence-corrected chi connectivity index (χ1v) is 10.5. The van der Waals surface area contributed by atoms with E-state index in [4.69, 9.17) is 9.47 Å². The summed E-state index contributed by atoms with van der Waals surface area (Å²) in [4.78, 5) is 17.5. The summed E-state index contributed by atoms with van der Waals surface area (Å²) in [7, 11) is 3.18. The minimum absolute atomic E-state index is 0.109.